The summed E-state index contributed by atoms with van der Waals surface area (Å²) in [5.74, 6) is 1.28. The number of amides is 1. The van der Waals surface area contributed by atoms with E-state index in [2.05, 4.69) is 15.2 Å². The van der Waals surface area contributed by atoms with Crippen LogP contribution >= 0.6 is 0 Å². The van der Waals surface area contributed by atoms with Crippen molar-refractivity contribution in [1.82, 2.24) is 15.3 Å². The van der Waals surface area contributed by atoms with Crippen molar-refractivity contribution in [3.63, 3.8) is 0 Å². The molecule has 1 fully saturated rings. The third-order valence-corrected chi connectivity index (χ3v) is 5.20. The van der Waals surface area contributed by atoms with Gasteiger partial charge in [0, 0.05) is 19.6 Å². The Morgan fingerprint density at radius 1 is 1.10 bits per heavy atom. The lowest BCUT2D eigenvalue weighted by atomic mass is 9.97. The van der Waals surface area contributed by atoms with E-state index in [4.69, 9.17) is 9.72 Å². The molecule has 1 saturated heterocycles. The maximum Gasteiger partial charge on any atom is 0.258 e. The van der Waals surface area contributed by atoms with E-state index in [-0.39, 0.29) is 11.8 Å². The van der Waals surface area contributed by atoms with Gasteiger partial charge in [-0.05, 0) is 37.5 Å². The number of para-hydroxylation sites is 2. The van der Waals surface area contributed by atoms with Gasteiger partial charge in [0.1, 0.15) is 0 Å². The first-order valence-corrected chi connectivity index (χ1v) is 10.2. The number of anilines is 1. The molecule has 0 spiro atoms. The molecule has 29 heavy (non-hydrogen) atoms. The van der Waals surface area contributed by atoms with E-state index in [9.17, 15) is 4.79 Å². The minimum absolute atomic E-state index is 0.0739. The Morgan fingerprint density at radius 3 is 2.59 bits per heavy atom. The molecule has 1 aliphatic rings. The number of aromatic nitrogens is 2. The maximum atomic E-state index is 12.8. The number of hydrogen-bond donors (Lipinski definition) is 1. The number of carbonyl (C=O) groups excluding carboxylic acids is 1. The van der Waals surface area contributed by atoms with Crippen LogP contribution < -0.4 is 15.0 Å². The molecule has 1 aromatic heterocycles. The van der Waals surface area contributed by atoms with Crippen molar-refractivity contribution in [2.75, 3.05) is 24.6 Å². The van der Waals surface area contributed by atoms with E-state index in [0.717, 1.165) is 41.8 Å². The number of rotatable bonds is 6. The fourth-order valence-corrected chi connectivity index (χ4v) is 3.73. The van der Waals surface area contributed by atoms with Crippen molar-refractivity contribution in [3.8, 4) is 5.88 Å². The summed E-state index contributed by atoms with van der Waals surface area (Å²) in [6, 6.07) is 17.8. The van der Waals surface area contributed by atoms with E-state index in [1.54, 1.807) is 0 Å². The van der Waals surface area contributed by atoms with Crippen LogP contribution in [0.2, 0.25) is 0 Å². The van der Waals surface area contributed by atoms with Gasteiger partial charge in [0.05, 0.1) is 23.6 Å². The molecule has 2 heterocycles. The molecule has 0 unspecified atom stereocenters. The standard InChI is InChI=1S/C23H26N4O2/c1-2-29-23-21(25-19-12-6-7-13-20(19)26-23)27-14-8-11-18(16-27)22(28)24-15-17-9-4-3-5-10-17/h3-7,9-10,12-13,18H,2,8,11,14-16H2,1H3,(H,24,28)/t18-/m0/s1. The van der Waals surface area contributed by atoms with Gasteiger partial charge in [-0.15, -0.1) is 0 Å². The highest BCUT2D eigenvalue weighted by Gasteiger charge is 2.28. The summed E-state index contributed by atoms with van der Waals surface area (Å²) < 4.78 is 5.78. The summed E-state index contributed by atoms with van der Waals surface area (Å²) in [4.78, 5) is 24.4. The second kappa shape index (κ2) is 8.90. The number of ether oxygens (including phenoxy) is 1. The van der Waals surface area contributed by atoms with Crippen LogP contribution in [0, 0.1) is 5.92 Å². The highest BCUT2D eigenvalue weighted by atomic mass is 16.5. The molecule has 1 aliphatic heterocycles. The molecular weight excluding hydrogens is 364 g/mol. The summed E-state index contributed by atoms with van der Waals surface area (Å²) in [5.41, 5.74) is 2.75. The van der Waals surface area contributed by atoms with E-state index in [1.165, 1.54) is 0 Å². The van der Waals surface area contributed by atoms with Gasteiger partial charge in [-0.2, -0.15) is 0 Å². The summed E-state index contributed by atoms with van der Waals surface area (Å²) >= 11 is 0. The summed E-state index contributed by atoms with van der Waals surface area (Å²) in [6.45, 7) is 4.48. The van der Waals surface area contributed by atoms with E-state index in [1.807, 2.05) is 61.5 Å². The summed E-state index contributed by atoms with van der Waals surface area (Å²) in [5, 5.41) is 3.08. The molecule has 0 bridgehead atoms. The Kier molecular flexibility index (Phi) is 5.89. The molecule has 1 N–H and O–H groups in total. The third-order valence-electron chi connectivity index (χ3n) is 5.20. The topological polar surface area (TPSA) is 67.4 Å². The number of nitrogens with zero attached hydrogens (tertiary/aromatic N) is 3. The van der Waals surface area contributed by atoms with Crippen LogP contribution in [0.4, 0.5) is 5.82 Å². The zero-order valence-corrected chi connectivity index (χ0v) is 16.7. The molecule has 150 valence electrons. The van der Waals surface area contributed by atoms with Crippen molar-refractivity contribution in [1.29, 1.82) is 0 Å². The van der Waals surface area contributed by atoms with Crippen LogP contribution in [0.3, 0.4) is 0 Å². The van der Waals surface area contributed by atoms with E-state index < -0.39 is 0 Å². The fraction of sp³-hybridized carbons (Fsp3) is 0.348. The van der Waals surface area contributed by atoms with Gasteiger partial charge in [0.25, 0.3) is 5.88 Å². The quantitative estimate of drug-likeness (QED) is 0.697. The van der Waals surface area contributed by atoms with Gasteiger partial charge >= 0.3 is 0 Å². The molecular formula is C23H26N4O2. The van der Waals surface area contributed by atoms with Crippen molar-refractivity contribution in [3.05, 3.63) is 60.2 Å². The lowest BCUT2D eigenvalue weighted by Gasteiger charge is -2.33. The predicted octanol–water partition coefficient (Wildman–Crippen LogP) is 3.56. The van der Waals surface area contributed by atoms with Gasteiger partial charge in [-0.1, -0.05) is 42.5 Å². The van der Waals surface area contributed by atoms with Crippen LogP contribution in [0.1, 0.15) is 25.3 Å². The number of benzene rings is 2. The van der Waals surface area contributed by atoms with E-state index in [0.29, 0.717) is 25.6 Å². The first-order chi connectivity index (χ1) is 14.2. The molecule has 1 amide bonds. The van der Waals surface area contributed by atoms with Crippen molar-refractivity contribution in [2.24, 2.45) is 5.92 Å². The van der Waals surface area contributed by atoms with Crippen molar-refractivity contribution in [2.45, 2.75) is 26.3 Å². The molecule has 6 heteroatoms. The zero-order chi connectivity index (χ0) is 20.1. The van der Waals surface area contributed by atoms with Crippen LogP contribution in [0.15, 0.2) is 54.6 Å². The van der Waals surface area contributed by atoms with Crippen LogP contribution in [0.5, 0.6) is 5.88 Å². The Bertz CT molecular complexity index is 977. The molecule has 1 atom stereocenters. The van der Waals surface area contributed by atoms with Gasteiger partial charge < -0.3 is 15.0 Å². The highest BCUT2D eigenvalue weighted by molar-refractivity contribution is 5.80. The average molecular weight is 390 g/mol. The summed E-state index contributed by atoms with van der Waals surface area (Å²) in [7, 11) is 0. The molecule has 4 rings (SSSR count). The SMILES string of the molecule is CCOc1nc2ccccc2nc1N1CCC[C@H](C(=O)NCc2ccccc2)C1. The first-order valence-electron chi connectivity index (χ1n) is 10.2. The van der Waals surface area contributed by atoms with Gasteiger partial charge in [0.2, 0.25) is 5.91 Å². The van der Waals surface area contributed by atoms with Crippen molar-refractivity contribution >= 4 is 22.8 Å². The Hall–Kier alpha value is -3.15. The van der Waals surface area contributed by atoms with Crippen LogP contribution in [-0.2, 0) is 11.3 Å². The minimum atomic E-state index is -0.0739. The molecule has 6 nitrogen and oxygen atoms in total. The number of hydrogen-bond acceptors (Lipinski definition) is 5. The minimum Gasteiger partial charge on any atom is -0.475 e. The predicted molar refractivity (Wildman–Crippen MR) is 114 cm³/mol. The van der Waals surface area contributed by atoms with Crippen LogP contribution in [0.25, 0.3) is 11.0 Å². The smallest absolute Gasteiger partial charge is 0.258 e. The highest BCUT2D eigenvalue weighted by Crippen LogP contribution is 2.30. The Balaban J connectivity index is 1.50. The molecule has 0 saturated carbocycles. The average Bonchev–Trinajstić information content (AvgIpc) is 2.78. The Labute approximate surface area is 170 Å². The zero-order valence-electron chi connectivity index (χ0n) is 16.7. The fourth-order valence-electron chi connectivity index (χ4n) is 3.73. The third kappa shape index (κ3) is 4.47. The first kappa shape index (κ1) is 19.2. The maximum absolute atomic E-state index is 12.8. The summed E-state index contributed by atoms with van der Waals surface area (Å²) in [6.07, 6.45) is 1.81. The molecule has 0 aliphatic carbocycles. The molecule has 2 aromatic carbocycles. The van der Waals surface area contributed by atoms with E-state index >= 15 is 0 Å². The monoisotopic (exact) mass is 390 g/mol. The number of piperidine rings is 1. The number of fused-ring (bicyclic) bond motifs is 1. The molecule has 0 radical (unpaired) electrons. The Morgan fingerprint density at radius 2 is 1.83 bits per heavy atom. The van der Waals surface area contributed by atoms with Crippen LogP contribution in [-0.4, -0.2) is 35.6 Å². The second-order valence-corrected chi connectivity index (χ2v) is 7.26. The van der Waals surface area contributed by atoms with Crippen molar-refractivity contribution < 1.29 is 9.53 Å². The number of nitrogens with one attached hydrogen (secondary N) is 1. The lowest BCUT2D eigenvalue weighted by molar-refractivity contribution is -0.125. The van der Waals surface area contributed by atoms with Gasteiger partial charge in [-0.25, -0.2) is 9.97 Å². The van der Waals surface area contributed by atoms with Gasteiger partial charge in [-0.3, -0.25) is 4.79 Å². The lowest BCUT2D eigenvalue weighted by Crippen LogP contribution is -2.43. The number of carbonyl (C=O) groups is 1. The largest absolute Gasteiger partial charge is 0.475 e. The van der Waals surface area contributed by atoms with Gasteiger partial charge in [0.15, 0.2) is 5.82 Å². The normalized spacial score (nSPS) is 16.6. The second-order valence-electron chi connectivity index (χ2n) is 7.26. The molecule has 3 aromatic rings.